The molecule has 0 bridgehead atoms. The highest BCUT2D eigenvalue weighted by Crippen LogP contribution is 2.38. The van der Waals surface area contributed by atoms with Gasteiger partial charge in [-0.3, -0.25) is 9.20 Å². The zero-order valence-electron chi connectivity index (χ0n) is 22.0. The molecule has 4 aromatic rings. The molecule has 3 aromatic heterocycles. The van der Waals surface area contributed by atoms with E-state index >= 15 is 0 Å². The van der Waals surface area contributed by atoms with E-state index in [1.54, 1.807) is 6.20 Å². The molecule has 1 fully saturated rings. The van der Waals surface area contributed by atoms with Gasteiger partial charge < -0.3 is 24.8 Å². The lowest BCUT2D eigenvalue weighted by Crippen LogP contribution is -2.47. The Bertz CT molecular complexity index is 1750. The van der Waals surface area contributed by atoms with Gasteiger partial charge in [0.05, 0.1) is 34.6 Å². The first-order chi connectivity index (χ1) is 19.6. The highest BCUT2D eigenvalue weighted by molar-refractivity contribution is 6.32. The van der Waals surface area contributed by atoms with Crippen molar-refractivity contribution < 1.29 is 14.7 Å². The number of hydrogen-bond donors (Lipinski definition) is 2. The average molecular weight is 536 g/mol. The Morgan fingerprint density at radius 1 is 1.15 bits per heavy atom. The van der Waals surface area contributed by atoms with E-state index in [4.69, 9.17) is 0 Å². The van der Waals surface area contributed by atoms with Crippen LogP contribution in [0.3, 0.4) is 0 Å². The number of benzene rings is 1. The molecule has 40 heavy (non-hydrogen) atoms. The lowest BCUT2D eigenvalue weighted by atomic mass is 9.97. The maximum atomic E-state index is 13.5. The molecular weight excluding hydrogens is 506 g/mol. The molecule has 3 aliphatic heterocycles. The van der Waals surface area contributed by atoms with Crippen molar-refractivity contribution in [3.63, 3.8) is 0 Å². The van der Waals surface area contributed by atoms with E-state index < -0.39 is 0 Å². The molecule has 202 valence electrons. The van der Waals surface area contributed by atoms with Crippen molar-refractivity contribution in [2.45, 2.75) is 25.9 Å². The van der Waals surface area contributed by atoms with Crippen molar-refractivity contribution in [3.05, 3.63) is 71.3 Å². The molecule has 0 atom stereocenters. The number of nitriles is 1. The monoisotopic (exact) mass is 535 g/mol. The molecule has 3 amide bonds. The zero-order chi connectivity index (χ0) is 27.4. The molecule has 1 saturated heterocycles. The molecule has 3 aliphatic rings. The summed E-state index contributed by atoms with van der Waals surface area (Å²) < 4.78 is 4.11. The number of hydrogen-bond acceptors (Lipinski definition) is 5. The number of aliphatic hydroxyl groups excluding tert-OH is 1. The van der Waals surface area contributed by atoms with Crippen molar-refractivity contribution >= 4 is 39.6 Å². The molecule has 0 unspecified atom stereocenters. The number of aliphatic hydroxyl groups is 1. The van der Waals surface area contributed by atoms with E-state index in [9.17, 15) is 20.0 Å². The molecule has 0 aliphatic carbocycles. The first kappa shape index (κ1) is 24.4. The van der Waals surface area contributed by atoms with Crippen LogP contribution < -0.4 is 5.32 Å². The highest BCUT2D eigenvalue weighted by atomic mass is 16.3. The quantitative estimate of drug-likeness (QED) is 0.418. The van der Waals surface area contributed by atoms with Gasteiger partial charge >= 0.3 is 6.03 Å². The number of amides is 3. The van der Waals surface area contributed by atoms with Gasteiger partial charge in [-0.15, -0.1) is 0 Å². The molecule has 0 saturated carbocycles. The van der Waals surface area contributed by atoms with E-state index in [-0.39, 0.29) is 24.5 Å². The molecule has 10 heteroatoms. The summed E-state index contributed by atoms with van der Waals surface area (Å²) in [5.74, 6) is 0.107. The summed E-state index contributed by atoms with van der Waals surface area (Å²) >= 11 is 0. The fourth-order valence-electron chi connectivity index (χ4n) is 6.41. The lowest BCUT2D eigenvalue weighted by Gasteiger charge is -2.35. The van der Waals surface area contributed by atoms with E-state index in [0.717, 1.165) is 51.8 Å². The van der Waals surface area contributed by atoms with E-state index in [1.165, 1.54) is 0 Å². The second-order valence-corrected chi connectivity index (χ2v) is 10.8. The summed E-state index contributed by atoms with van der Waals surface area (Å²) in [5.41, 5.74) is 6.25. The molecule has 7 rings (SSSR count). The maximum Gasteiger partial charge on any atom is 0.320 e. The number of likely N-dealkylation sites (tertiary alicyclic amines) is 1. The fourth-order valence-corrected chi connectivity index (χ4v) is 6.41. The first-order valence-corrected chi connectivity index (χ1v) is 13.7. The van der Waals surface area contributed by atoms with Crippen LogP contribution in [0.15, 0.2) is 48.9 Å². The first-order valence-electron chi connectivity index (χ1n) is 13.7. The molecule has 0 radical (unpaired) electrons. The largest absolute Gasteiger partial charge is 0.396 e. The van der Waals surface area contributed by atoms with E-state index in [0.29, 0.717) is 50.4 Å². The number of aromatic nitrogens is 3. The van der Waals surface area contributed by atoms with Gasteiger partial charge in [-0.2, -0.15) is 5.26 Å². The number of urea groups is 1. The third-order valence-electron chi connectivity index (χ3n) is 8.52. The molecular formula is C30H29N7O3. The average Bonchev–Trinajstić information content (AvgIpc) is 3.65. The van der Waals surface area contributed by atoms with Gasteiger partial charge in [-0.1, -0.05) is 6.07 Å². The van der Waals surface area contributed by atoms with Crippen molar-refractivity contribution in [3.8, 4) is 6.07 Å². The van der Waals surface area contributed by atoms with Gasteiger partial charge in [0.15, 0.2) is 0 Å². The number of nitrogens with one attached hydrogen (secondary N) is 1. The number of fused-ring (bicyclic) bond motifs is 1. The van der Waals surface area contributed by atoms with Crippen molar-refractivity contribution in [2.75, 3.05) is 32.8 Å². The van der Waals surface area contributed by atoms with Gasteiger partial charge in [0.25, 0.3) is 5.91 Å². The van der Waals surface area contributed by atoms with E-state index in [1.807, 2.05) is 56.9 Å². The van der Waals surface area contributed by atoms with Gasteiger partial charge in [0.1, 0.15) is 5.65 Å². The van der Waals surface area contributed by atoms with Crippen LogP contribution in [0.25, 0.3) is 27.7 Å². The summed E-state index contributed by atoms with van der Waals surface area (Å²) in [6.45, 7) is 3.32. The van der Waals surface area contributed by atoms with Crippen LogP contribution in [0.4, 0.5) is 4.79 Å². The number of carbonyl (C=O) groups excluding carboxylic acids is 2. The standard InChI is InChI=1S/C30H29N7O3/c31-13-20-11-21-16-36(30(40)34-7-4-19(18-38)5-8-34)10-9-35-17-24(22(12-20)28(21)35)27-23(14-33-29(27)39)25-15-32-26-3-1-2-6-37(25)26/h1-3,6,11-12,15,17,19,38H,4-5,7-10,14,16,18H2,(H,33,39). The topological polar surface area (TPSA) is 119 Å². The van der Waals surface area contributed by atoms with Crippen molar-refractivity contribution in [2.24, 2.45) is 5.92 Å². The fraction of sp³-hybridized carbons (Fsp3) is 0.333. The Kier molecular flexibility index (Phi) is 5.82. The third kappa shape index (κ3) is 3.85. The van der Waals surface area contributed by atoms with E-state index in [2.05, 4.69) is 20.9 Å². The van der Waals surface area contributed by atoms with Crippen LogP contribution in [-0.4, -0.2) is 73.6 Å². The number of nitrogens with zero attached hydrogens (tertiary/aromatic N) is 6. The molecule has 1 aromatic carbocycles. The number of piperidine rings is 1. The van der Waals surface area contributed by atoms with Crippen LogP contribution >= 0.6 is 0 Å². The lowest BCUT2D eigenvalue weighted by molar-refractivity contribution is -0.114. The Morgan fingerprint density at radius 2 is 2.00 bits per heavy atom. The Hall–Kier alpha value is -4.62. The predicted molar refractivity (Wildman–Crippen MR) is 149 cm³/mol. The summed E-state index contributed by atoms with van der Waals surface area (Å²) in [6.07, 6.45) is 7.35. The number of carbonyl (C=O) groups is 2. The third-order valence-corrected chi connectivity index (χ3v) is 8.52. The van der Waals surface area contributed by atoms with Crippen LogP contribution in [0.5, 0.6) is 0 Å². The van der Waals surface area contributed by atoms with Gasteiger partial charge in [-0.05, 0) is 48.6 Å². The maximum absolute atomic E-state index is 13.5. The second kappa shape index (κ2) is 9.54. The number of imidazole rings is 1. The SMILES string of the molecule is N#Cc1cc2c3c(c1)c(C1=C(c4cnc5ccccn45)CNC1=O)cn3CCN(C(=O)N1CCC(CO)CC1)C2. The second-order valence-electron chi connectivity index (χ2n) is 10.8. The minimum absolute atomic E-state index is 0.00865. The minimum Gasteiger partial charge on any atom is -0.396 e. The predicted octanol–water partition coefficient (Wildman–Crippen LogP) is 2.84. The molecule has 6 heterocycles. The molecule has 0 spiro atoms. The van der Waals surface area contributed by atoms with Crippen molar-refractivity contribution in [1.29, 1.82) is 5.26 Å². The number of pyridine rings is 1. The summed E-state index contributed by atoms with van der Waals surface area (Å²) in [4.78, 5) is 35.0. The van der Waals surface area contributed by atoms with Crippen LogP contribution in [0, 0.1) is 17.2 Å². The zero-order valence-corrected chi connectivity index (χ0v) is 22.0. The molecule has 2 N–H and O–H groups in total. The highest BCUT2D eigenvalue weighted by Gasteiger charge is 2.32. The van der Waals surface area contributed by atoms with Gasteiger partial charge in [0.2, 0.25) is 0 Å². The summed E-state index contributed by atoms with van der Waals surface area (Å²) in [6, 6.07) is 11.8. The normalized spacial score (nSPS) is 17.9. The minimum atomic E-state index is -0.149. The summed E-state index contributed by atoms with van der Waals surface area (Å²) in [7, 11) is 0. The summed E-state index contributed by atoms with van der Waals surface area (Å²) in [5, 5.41) is 23.2. The van der Waals surface area contributed by atoms with Crippen LogP contribution in [-0.2, 0) is 17.9 Å². The number of rotatable bonds is 3. The van der Waals surface area contributed by atoms with Gasteiger partial charge in [0, 0.05) is 74.8 Å². The Labute approximate surface area is 230 Å². The molecule has 10 nitrogen and oxygen atoms in total. The Balaban J connectivity index is 1.31. The van der Waals surface area contributed by atoms with Gasteiger partial charge in [-0.25, -0.2) is 9.78 Å². The Morgan fingerprint density at radius 3 is 2.80 bits per heavy atom. The van der Waals surface area contributed by atoms with Crippen LogP contribution in [0.2, 0.25) is 0 Å². The smallest absolute Gasteiger partial charge is 0.320 e. The van der Waals surface area contributed by atoms with Crippen molar-refractivity contribution in [1.82, 2.24) is 29.1 Å². The van der Waals surface area contributed by atoms with Crippen LogP contribution in [0.1, 0.15) is 35.2 Å².